The molecule has 1 aliphatic rings. The summed E-state index contributed by atoms with van der Waals surface area (Å²) in [6, 6.07) is 12.7. The monoisotopic (exact) mass is 317 g/mol. The van der Waals surface area contributed by atoms with Gasteiger partial charge in [0.15, 0.2) is 0 Å². The number of hydrogen-bond donors (Lipinski definition) is 1. The molecule has 0 fully saturated rings. The van der Waals surface area contributed by atoms with Gasteiger partial charge in [-0.15, -0.1) is 0 Å². The van der Waals surface area contributed by atoms with Gasteiger partial charge in [0.25, 0.3) is 0 Å². The molecule has 19 heavy (non-hydrogen) atoms. The van der Waals surface area contributed by atoms with E-state index in [1.807, 2.05) is 0 Å². The van der Waals surface area contributed by atoms with Crippen molar-refractivity contribution in [2.75, 3.05) is 11.9 Å². The average Bonchev–Trinajstić information content (AvgIpc) is 2.84. The molecule has 1 aliphatic heterocycles. The van der Waals surface area contributed by atoms with Crippen LogP contribution in [-0.2, 0) is 13.0 Å². The fourth-order valence-corrected chi connectivity index (χ4v) is 2.98. The van der Waals surface area contributed by atoms with E-state index in [1.165, 1.54) is 16.7 Å². The molecule has 3 rings (SSSR count). The molecule has 1 N–H and O–H groups in total. The van der Waals surface area contributed by atoms with Crippen LogP contribution in [0.4, 0.5) is 5.69 Å². The summed E-state index contributed by atoms with van der Waals surface area (Å²) < 4.78 is 6.86. The molecule has 0 aliphatic carbocycles. The summed E-state index contributed by atoms with van der Waals surface area (Å²) in [5.74, 6) is 1.06. The van der Waals surface area contributed by atoms with E-state index >= 15 is 0 Å². The van der Waals surface area contributed by atoms with Gasteiger partial charge in [-0.3, -0.25) is 0 Å². The molecule has 0 spiro atoms. The number of hydrogen-bond acceptors (Lipinski definition) is 2. The number of benzene rings is 2. The molecule has 98 valence electrons. The molecular formula is C16H16BrNO. The van der Waals surface area contributed by atoms with Crippen molar-refractivity contribution in [3.05, 3.63) is 57.6 Å². The normalized spacial score (nSPS) is 12.9. The Kier molecular flexibility index (Phi) is 3.47. The van der Waals surface area contributed by atoms with Gasteiger partial charge in [-0.25, -0.2) is 0 Å². The third-order valence-electron chi connectivity index (χ3n) is 3.33. The van der Waals surface area contributed by atoms with Crippen LogP contribution in [0, 0.1) is 6.92 Å². The van der Waals surface area contributed by atoms with Gasteiger partial charge in [-0.05, 0) is 42.3 Å². The quantitative estimate of drug-likeness (QED) is 0.911. The van der Waals surface area contributed by atoms with Gasteiger partial charge in [0.1, 0.15) is 5.75 Å². The van der Waals surface area contributed by atoms with E-state index in [0.29, 0.717) is 0 Å². The van der Waals surface area contributed by atoms with Gasteiger partial charge >= 0.3 is 0 Å². The minimum Gasteiger partial charge on any atom is -0.493 e. The number of aryl methyl sites for hydroxylation is 1. The lowest BCUT2D eigenvalue weighted by Gasteiger charge is -2.11. The number of anilines is 1. The summed E-state index contributed by atoms with van der Waals surface area (Å²) >= 11 is 3.57. The van der Waals surface area contributed by atoms with E-state index in [0.717, 1.165) is 35.5 Å². The Hall–Kier alpha value is -1.48. The maximum Gasteiger partial charge on any atom is 0.127 e. The van der Waals surface area contributed by atoms with E-state index in [2.05, 4.69) is 64.6 Å². The molecule has 2 aromatic rings. The molecule has 3 heteroatoms. The van der Waals surface area contributed by atoms with Gasteiger partial charge in [0, 0.05) is 28.7 Å². The Morgan fingerprint density at radius 1 is 1.26 bits per heavy atom. The first-order valence-electron chi connectivity index (χ1n) is 6.47. The highest BCUT2D eigenvalue weighted by molar-refractivity contribution is 9.10. The predicted octanol–water partition coefficient (Wildman–Crippen LogP) is 4.30. The molecule has 0 saturated carbocycles. The first-order valence-corrected chi connectivity index (χ1v) is 7.26. The number of ether oxygens (including phenoxy) is 1. The highest BCUT2D eigenvalue weighted by Crippen LogP contribution is 2.33. The van der Waals surface area contributed by atoms with Crippen LogP contribution in [0.3, 0.4) is 0 Å². The molecule has 0 radical (unpaired) electrons. The van der Waals surface area contributed by atoms with Crippen LogP contribution in [0.5, 0.6) is 5.75 Å². The Balaban J connectivity index is 1.81. The zero-order valence-corrected chi connectivity index (χ0v) is 12.5. The van der Waals surface area contributed by atoms with Crippen molar-refractivity contribution in [3.8, 4) is 5.75 Å². The van der Waals surface area contributed by atoms with Crippen LogP contribution < -0.4 is 10.1 Å². The second-order valence-electron chi connectivity index (χ2n) is 4.87. The molecule has 0 saturated heterocycles. The molecule has 0 amide bonds. The number of fused-ring (bicyclic) bond motifs is 1. The van der Waals surface area contributed by atoms with Crippen LogP contribution in [0.15, 0.2) is 40.9 Å². The highest BCUT2D eigenvalue weighted by Gasteiger charge is 2.17. The van der Waals surface area contributed by atoms with Gasteiger partial charge in [-0.1, -0.05) is 28.1 Å². The standard InChI is InChI=1S/C16H16BrNO/c1-11-3-2-4-15(7-11)18-10-13-9-14(17)8-12-5-6-19-16(12)13/h2-4,7-9,18H,5-6,10H2,1H3. The fourth-order valence-electron chi connectivity index (χ4n) is 2.43. The molecule has 2 nitrogen and oxygen atoms in total. The summed E-state index contributed by atoms with van der Waals surface area (Å²) in [6.07, 6.45) is 1.01. The lowest BCUT2D eigenvalue weighted by Crippen LogP contribution is -2.01. The van der Waals surface area contributed by atoms with Crippen LogP contribution in [0.25, 0.3) is 0 Å². The Morgan fingerprint density at radius 3 is 3.00 bits per heavy atom. The highest BCUT2D eigenvalue weighted by atomic mass is 79.9. The van der Waals surface area contributed by atoms with Crippen molar-refractivity contribution >= 4 is 21.6 Å². The van der Waals surface area contributed by atoms with E-state index in [4.69, 9.17) is 4.74 Å². The van der Waals surface area contributed by atoms with E-state index in [9.17, 15) is 0 Å². The first kappa shape index (κ1) is 12.5. The van der Waals surface area contributed by atoms with Gasteiger partial charge < -0.3 is 10.1 Å². The average molecular weight is 318 g/mol. The Morgan fingerprint density at radius 2 is 2.16 bits per heavy atom. The molecule has 0 aromatic heterocycles. The minimum absolute atomic E-state index is 0.783. The lowest BCUT2D eigenvalue weighted by molar-refractivity contribution is 0.354. The Labute approximate surface area is 121 Å². The van der Waals surface area contributed by atoms with Crippen LogP contribution in [-0.4, -0.2) is 6.61 Å². The summed E-state index contributed by atoms with van der Waals surface area (Å²) in [5, 5.41) is 3.46. The van der Waals surface area contributed by atoms with Gasteiger partial charge in [0.05, 0.1) is 6.61 Å². The third kappa shape index (κ3) is 2.76. The van der Waals surface area contributed by atoms with E-state index < -0.39 is 0 Å². The zero-order chi connectivity index (χ0) is 13.2. The van der Waals surface area contributed by atoms with Crippen LogP contribution >= 0.6 is 15.9 Å². The maximum absolute atomic E-state index is 5.74. The van der Waals surface area contributed by atoms with E-state index in [1.54, 1.807) is 0 Å². The summed E-state index contributed by atoms with van der Waals surface area (Å²) in [4.78, 5) is 0. The lowest BCUT2D eigenvalue weighted by atomic mass is 10.1. The van der Waals surface area contributed by atoms with E-state index in [-0.39, 0.29) is 0 Å². The number of halogens is 1. The van der Waals surface area contributed by atoms with Gasteiger partial charge in [-0.2, -0.15) is 0 Å². The molecule has 0 bridgehead atoms. The summed E-state index contributed by atoms with van der Waals surface area (Å²) in [5.41, 5.74) is 4.92. The molecular weight excluding hydrogens is 302 g/mol. The predicted molar refractivity (Wildman–Crippen MR) is 81.8 cm³/mol. The second-order valence-corrected chi connectivity index (χ2v) is 5.79. The van der Waals surface area contributed by atoms with Gasteiger partial charge in [0.2, 0.25) is 0 Å². The molecule has 0 atom stereocenters. The molecule has 1 heterocycles. The zero-order valence-electron chi connectivity index (χ0n) is 10.9. The van der Waals surface area contributed by atoms with Crippen molar-refractivity contribution in [1.82, 2.24) is 0 Å². The minimum atomic E-state index is 0.783. The Bertz CT molecular complexity index is 610. The topological polar surface area (TPSA) is 21.3 Å². The van der Waals surface area contributed by atoms with Crippen molar-refractivity contribution < 1.29 is 4.74 Å². The van der Waals surface area contributed by atoms with Crippen molar-refractivity contribution in [2.24, 2.45) is 0 Å². The second kappa shape index (κ2) is 5.25. The van der Waals surface area contributed by atoms with Crippen LogP contribution in [0.2, 0.25) is 0 Å². The third-order valence-corrected chi connectivity index (χ3v) is 3.78. The van der Waals surface area contributed by atoms with Crippen molar-refractivity contribution in [2.45, 2.75) is 19.9 Å². The number of rotatable bonds is 3. The number of nitrogens with one attached hydrogen (secondary N) is 1. The van der Waals surface area contributed by atoms with Crippen molar-refractivity contribution in [1.29, 1.82) is 0 Å². The maximum atomic E-state index is 5.74. The smallest absolute Gasteiger partial charge is 0.127 e. The fraction of sp³-hybridized carbons (Fsp3) is 0.250. The summed E-state index contributed by atoms with van der Waals surface area (Å²) in [7, 11) is 0. The molecule has 0 unspecified atom stereocenters. The first-order chi connectivity index (χ1) is 9.22. The molecule has 2 aromatic carbocycles. The van der Waals surface area contributed by atoms with Crippen molar-refractivity contribution in [3.63, 3.8) is 0 Å². The largest absolute Gasteiger partial charge is 0.493 e. The van der Waals surface area contributed by atoms with Crippen LogP contribution in [0.1, 0.15) is 16.7 Å². The SMILES string of the molecule is Cc1cccc(NCc2cc(Br)cc3c2OCC3)c1. The summed E-state index contributed by atoms with van der Waals surface area (Å²) in [6.45, 7) is 3.68.